The first kappa shape index (κ1) is 14.5. The van der Waals surface area contributed by atoms with Crippen molar-refractivity contribution in [2.24, 2.45) is 5.73 Å². The zero-order valence-electron chi connectivity index (χ0n) is 10.9. The van der Waals surface area contributed by atoms with Crippen molar-refractivity contribution in [1.29, 1.82) is 0 Å². The van der Waals surface area contributed by atoms with Crippen LogP contribution >= 0.6 is 0 Å². The molecule has 0 aliphatic heterocycles. The summed E-state index contributed by atoms with van der Waals surface area (Å²) < 4.78 is 40.3. The summed E-state index contributed by atoms with van der Waals surface area (Å²) in [5.74, 6) is -0.619. The smallest absolute Gasteiger partial charge is 0.262 e. The fraction of sp³-hybridized carbons (Fsp3) is 0.143. The maximum atomic E-state index is 13.3. The van der Waals surface area contributed by atoms with Crippen molar-refractivity contribution in [3.8, 4) is 0 Å². The van der Waals surface area contributed by atoms with E-state index in [2.05, 4.69) is 4.72 Å². The van der Waals surface area contributed by atoms with E-state index in [0.29, 0.717) is 11.3 Å². The molecule has 0 unspecified atom stereocenters. The van der Waals surface area contributed by atoms with Gasteiger partial charge in [-0.05, 0) is 36.8 Å². The molecule has 0 saturated carbocycles. The number of rotatable bonds is 4. The van der Waals surface area contributed by atoms with Crippen LogP contribution in [-0.4, -0.2) is 8.42 Å². The van der Waals surface area contributed by atoms with Gasteiger partial charge in [0.2, 0.25) is 0 Å². The van der Waals surface area contributed by atoms with Gasteiger partial charge >= 0.3 is 0 Å². The van der Waals surface area contributed by atoms with E-state index in [9.17, 15) is 12.8 Å². The molecule has 0 aliphatic rings. The fourth-order valence-corrected chi connectivity index (χ4v) is 3.10. The summed E-state index contributed by atoms with van der Waals surface area (Å²) in [5, 5.41) is 0. The Balaban J connectivity index is 2.40. The molecule has 2 rings (SSSR count). The lowest BCUT2D eigenvalue weighted by atomic mass is 10.2. The Morgan fingerprint density at radius 2 is 1.80 bits per heavy atom. The third-order valence-corrected chi connectivity index (χ3v) is 4.31. The molecule has 2 aromatic rings. The first-order valence-corrected chi connectivity index (χ1v) is 7.48. The second kappa shape index (κ2) is 5.60. The largest absolute Gasteiger partial charge is 0.326 e. The summed E-state index contributed by atoms with van der Waals surface area (Å²) in [6.07, 6.45) is 0. The highest BCUT2D eigenvalue weighted by atomic mass is 32.2. The van der Waals surface area contributed by atoms with Gasteiger partial charge in [-0.1, -0.05) is 23.8 Å². The van der Waals surface area contributed by atoms with Crippen LogP contribution in [0.3, 0.4) is 0 Å². The maximum absolute atomic E-state index is 13.3. The van der Waals surface area contributed by atoms with Gasteiger partial charge in [-0.25, -0.2) is 12.8 Å². The van der Waals surface area contributed by atoms with Gasteiger partial charge in [0, 0.05) is 12.2 Å². The fourth-order valence-electron chi connectivity index (χ4n) is 1.78. The Morgan fingerprint density at radius 3 is 2.40 bits per heavy atom. The van der Waals surface area contributed by atoms with Crippen LogP contribution in [0.15, 0.2) is 47.4 Å². The SMILES string of the molecule is Cc1ccc(NS(=O)(=O)c2cc(F)ccc2CN)cc1. The highest BCUT2D eigenvalue weighted by Gasteiger charge is 2.19. The summed E-state index contributed by atoms with van der Waals surface area (Å²) >= 11 is 0. The number of nitrogens with two attached hydrogens (primary N) is 1. The van der Waals surface area contributed by atoms with E-state index in [1.54, 1.807) is 24.3 Å². The van der Waals surface area contributed by atoms with Crippen LogP contribution in [-0.2, 0) is 16.6 Å². The quantitative estimate of drug-likeness (QED) is 0.909. The van der Waals surface area contributed by atoms with Gasteiger partial charge in [0.15, 0.2) is 0 Å². The van der Waals surface area contributed by atoms with E-state index in [0.717, 1.165) is 11.6 Å². The van der Waals surface area contributed by atoms with Crippen molar-refractivity contribution < 1.29 is 12.8 Å². The molecule has 0 aliphatic carbocycles. The number of hydrogen-bond donors (Lipinski definition) is 2. The van der Waals surface area contributed by atoms with E-state index >= 15 is 0 Å². The number of aryl methyl sites for hydroxylation is 1. The maximum Gasteiger partial charge on any atom is 0.262 e. The lowest BCUT2D eigenvalue weighted by Crippen LogP contribution is -2.16. The number of benzene rings is 2. The van der Waals surface area contributed by atoms with Gasteiger partial charge in [-0.15, -0.1) is 0 Å². The van der Waals surface area contributed by atoms with E-state index in [-0.39, 0.29) is 11.4 Å². The Labute approximate surface area is 117 Å². The van der Waals surface area contributed by atoms with Crippen LogP contribution < -0.4 is 10.5 Å². The summed E-state index contributed by atoms with van der Waals surface area (Å²) in [6, 6.07) is 10.4. The van der Waals surface area contributed by atoms with Crippen LogP contribution in [0.4, 0.5) is 10.1 Å². The summed E-state index contributed by atoms with van der Waals surface area (Å²) in [7, 11) is -3.86. The molecule has 0 fully saturated rings. The van der Waals surface area contributed by atoms with Crippen molar-refractivity contribution in [3.05, 3.63) is 59.4 Å². The first-order valence-electron chi connectivity index (χ1n) is 6.00. The van der Waals surface area contributed by atoms with E-state index < -0.39 is 15.8 Å². The summed E-state index contributed by atoms with van der Waals surface area (Å²) in [5.41, 5.74) is 7.30. The topological polar surface area (TPSA) is 72.2 Å². The highest BCUT2D eigenvalue weighted by Crippen LogP contribution is 2.21. The Hall–Kier alpha value is -1.92. The number of sulfonamides is 1. The van der Waals surface area contributed by atoms with Crippen LogP contribution in [0.5, 0.6) is 0 Å². The van der Waals surface area contributed by atoms with Gasteiger partial charge in [0.1, 0.15) is 5.82 Å². The van der Waals surface area contributed by atoms with E-state index in [4.69, 9.17) is 5.73 Å². The predicted octanol–water partition coefficient (Wildman–Crippen LogP) is 2.39. The summed E-state index contributed by atoms with van der Waals surface area (Å²) in [4.78, 5) is -0.138. The molecule has 0 spiro atoms. The second-order valence-electron chi connectivity index (χ2n) is 4.43. The van der Waals surface area contributed by atoms with Gasteiger partial charge in [-0.2, -0.15) is 0 Å². The zero-order valence-corrected chi connectivity index (χ0v) is 11.7. The minimum atomic E-state index is -3.86. The van der Waals surface area contributed by atoms with Crippen molar-refractivity contribution in [2.75, 3.05) is 4.72 Å². The number of anilines is 1. The molecule has 0 saturated heterocycles. The van der Waals surface area contributed by atoms with Crippen LogP contribution in [0.25, 0.3) is 0 Å². The van der Waals surface area contributed by atoms with Crippen LogP contribution in [0, 0.1) is 12.7 Å². The molecule has 0 amide bonds. The minimum absolute atomic E-state index is 0.0183. The lowest BCUT2D eigenvalue weighted by Gasteiger charge is -2.11. The molecule has 106 valence electrons. The van der Waals surface area contributed by atoms with Crippen LogP contribution in [0.1, 0.15) is 11.1 Å². The molecule has 6 heteroatoms. The Bertz CT molecular complexity index is 712. The number of nitrogens with one attached hydrogen (secondary N) is 1. The highest BCUT2D eigenvalue weighted by molar-refractivity contribution is 7.92. The predicted molar refractivity (Wildman–Crippen MR) is 76.3 cm³/mol. The third-order valence-electron chi connectivity index (χ3n) is 2.84. The van der Waals surface area contributed by atoms with Crippen molar-refractivity contribution in [1.82, 2.24) is 0 Å². The normalized spacial score (nSPS) is 11.3. The average Bonchev–Trinajstić information content (AvgIpc) is 2.41. The van der Waals surface area contributed by atoms with Gasteiger partial charge in [0.25, 0.3) is 10.0 Å². The molecule has 3 N–H and O–H groups in total. The first-order chi connectivity index (χ1) is 9.42. The second-order valence-corrected chi connectivity index (χ2v) is 6.08. The lowest BCUT2D eigenvalue weighted by molar-refractivity contribution is 0.593. The molecule has 0 heterocycles. The molecule has 20 heavy (non-hydrogen) atoms. The monoisotopic (exact) mass is 294 g/mol. The Kier molecular flexibility index (Phi) is 4.06. The molecular formula is C14H15FN2O2S. The van der Waals surface area contributed by atoms with E-state index in [1.807, 2.05) is 6.92 Å². The van der Waals surface area contributed by atoms with E-state index in [1.165, 1.54) is 12.1 Å². The van der Waals surface area contributed by atoms with Crippen LogP contribution in [0.2, 0.25) is 0 Å². The van der Waals surface area contributed by atoms with Gasteiger partial charge in [-0.3, -0.25) is 4.72 Å². The molecule has 0 aromatic heterocycles. The minimum Gasteiger partial charge on any atom is -0.326 e. The standard InChI is InChI=1S/C14H15FN2O2S/c1-10-2-6-13(7-3-10)17-20(18,19)14-8-12(15)5-4-11(14)9-16/h2-8,17H,9,16H2,1H3. The van der Waals surface area contributed by atoms with Gasteiger partial charge < -0.3 is 5.73 Å². The third kappa shape index (κ3) is 3.15. The van der Waals surface area contributed by atoms with Gasteiger partial charge in [0.05, 0.1) is 4.90 Å². The average molecular weight is 294 g/mol. The van der Waals surface area contributed by atoms with Crippen molar-refractivity contribution in [2.45, 2.75) is 18.4 Å². The molecule has 4 nitrogen and oxygen atoms in total. The Morgan fingerprint density at radius 1 is 1.15 bits per heavy atom. The zero-order chi connectivity index (χ0) is 14.8. The summed E-state index contributed by atoms with van der Waals surface area (Å²) in [6.45, 7) is 1.92. The van der Waals surface area contributed by atoms with Crippen molar-refractivity contribution in [3.63, 3.8) is 0 Å². The molecule has 0 bridgehead atoms. The molecule has 2 aromatic carbocycles. The molecule has 0 atom stereocenters. The molecule has 0 radical (unpaired) electrons. The number of hydrogen-bond acceptors (Lipinski definition) is 3. The number of halogens is 1. The molecular weight excluding hydrogens is 279 g/mol. The van der Waals surface area contributed by atoms with Crippen molar-refractivity contribution >= 4 is 15.7 Å².